The summed E-state index contributed by atoms with van der Waals surface area (Å²) < 4.78 is 73.8. The first-order chi connectivity index (χ1) is 13.6. The van der Waals surface area contributed by atoms with Crippen molar-refractivity contribution in [2.45, 2.75) is 16.2 Å². The molecule has 2 heterocycles. The zero-order valence-electron chi connectivity index (χ0n) is 14.4. The Morgan fingerprint density at radius 3 is 2.45 bits per heavy atom. The molecular formula is C17H12N2O8S2. The minimum Gasteiger partial charge on any atom is -0.440 e. The molecule has 0 bridgehead atoms. The maximum Gasteiger partial charge on any atom is 0.294 e. The summed E-state index contributed by atoms with van der Waals surface area (Å²) in [4.78, 5) is 3.61. The van der Waals surface area contributed by atoms with Crippen LogP contribution >= 0.6 is 0 Å². The van der Waals surface area contributed by atoms with Crippen LogP contribution in [0.2, 0.25) is 0 Å². The fraction of sp³-hybridized carbons (Fsp3) is 0.0588. The highest BCUT2D eigenvalue weighted by Crippen LogP contribution is 2.34. The number of anilines is 1. The van der Waals surface area contributed by atoms with Crippen LogP contribution in [0.4, 0.5) is 5.69 Å². The summed E-state index contributed by atoms with van der Waals surface area (Å²) in [6.07, 6.45) is 1.75. The van der Waals surface area contributed by atoms with Crippen LogP contribution in [-0.4, -0.2) is 30.9 Å². The highest BCUT2D eigenvalue weighted by molar-refractivity contribution is 7.86. The van der Waals surface area contributed by atoms with Crippen molar-refractivity contribution in [2.24, 2.45) is 0 Å². The quantitative estimate of drug-likeness (QED) is 0.410. The first-order valence-corrected chi connectivity index (χ1v) is 10.9. The molecule has 12 heteroatoms. The fourth-order valence-corrected chi connectivity index (χ4v) is 3.60. The smallest absolute Gasteiger partial charge is 0.294 e. The van der Waals surface area contributed by atoms with E-state index in [-0.39, 0.29) is 39.3 Å². The second-order valence-corrected chi connectivity index (χ2v) is 8.80. The molecule has 3 aromatic rings. The standard InChI is InChI=1S/C17H12N2O8S2/c20-28(21,22)10-4-6-12-14(8-10)26-16(18-12)2-1-3-17-19-13-7-5-11(29(23,24)25)9-15(13)27-17/h1,4-9,19H,2H2,(H,20,21,22)(H,23,24,25). The minimum absolute atomic E-state index is 0.205. The van der Waals surface area contributed by atoms with Gasteiger partial charge in [0, 0.05) is 12.1 Å². The number of nitrogens with zero attached hydrogens (tertiary/aromatic N) is 1. The Labute approximate surface area is 164 Å². The summed E-state index contributed by atoms with van der Waals surface area (Å²) in [6.45, 7) is 0. The van der Waals surface area contributed by atoms with E-state index in [2.05, 4.69) is 16.0 Å². The molecule has 0 saturated heterocycles. The van der Waals surface area contributed by atoms with E-state index in [1.807, 2.05) is 0 Å². The Balaban J connectivity index is 1.53. The summed E-state index contributed by atoms with van der Waals surface area (Å²) in [5.74, 6) is 0.706. The van der Waals surface area contributed by atoms with E-state index in [1.54, 1.807) is 6.08 Å². The number of nitrogens with one attached hydrogen (secondary N) is 1. The van der Waals surface area contributed by atoms with Crippen molar-refractivity contribution in [3.63, 3.8) is 0 Å². The van der Waals surface area contributed by atoms with Gasteiger partial charge in [-0.1, -0.05) is 5.73 Å². The third-order valence-corrected chi connectivity index (χ3v) is 5.62. The number of allylic oxidation sites excluding steroid dienone is 1. The Morgan fingerprint density at radius 1 is 1.03 bits per heavy atom. The van der Waals surface area contributed by atoms with Crippen LogP contribution in [0.25, 0.3) is 11.1 Å². The molecule has 0 spiro atoms. The molecular weight excluding hydrogens is 424 g/mol. The zero-order valence-corrected chi connectivity index (χ0v) is 16.0. The number of hydrogen-bond acceptors (Lipinski definition) is 8. The molecule has 1 aromatic heterocycles. The summed E-state index contributed by atoms with van der Waals surface area (Å²) in [7, 11) is -8.68. The predicted molar refractivity (Wildman–Crippen MR) is 99.6 cm³/mol. The van der Waals surface area contributed by atoms with Gasteiger partial charge >= 0.3 is 0 Å². The topological polar surface area (TPSA) is 156 Å². The number of aromatic nitrogens is 1. The minimum atomic E-state index is -4.34. The molecule has 0 unspecified atom stereocenters. The maximum atomic E-state index is 11.2. The number of hydrogen-bond donors (Lipinski definition) is 3. The molecule has 0 amide bonds. The van der Waals surface area contributed by atoms with Gasteiger partial charge < -0.3 is 14.5 Å². The average Bonchev–Trinajstić information content (AvgIpc) is 3.21. The molecule has 0 radical (unpaired) electrons. The van der Waals surface area contributed by atoms with E-state index in [4.69, 9.17) is 18.3 Å². The third kappa shape index (κ3) is 4.01. The van der Waals surface area contributed by atoms with Gasteiger partial charge in [0.05, 0.1) is 21.9 Å². The van der Waals surface area contributed by atoms with Crippen LogP contribution in [0.5, 0.6) is 5.75 Å². The van der Waals surface area contributed by atoms with Crippen molar-refractivity contribution in [3.8, 4) is 5.75 Å². The number of benzene rings is 2. The first-order valence-electron chi connectivity index (χ1n) is 7.98. The third-order valence-electron chi connectivity index (χ3n) is 3.92. The van der Waals surface area contributed by atoms with Crippen molar-refractivity contribution in [1.82, 2.24) is 4.98 Å². The SMILES string of the molecule is O=S(=O)(O)c1ccc2c(c1)OC(=C=CCc1nc3ccc(S(=O)(=O)O)cc3o1)N2. The maximum absolute atomic E-state index is 11.2. The van der Waals surface area contributed by atoms with Crippen LogP contribution in [0.1, 0.15) is 5.89 Å². The Kier molecular flexibility index (Phi) is 4.45. The lowest BCUT2D eigenvalue weighted by Gasteiger charge is -1.99. The highest BCUT2D eigenvalue weighted by atomic mass is 32.2. The van der Waals surface area contributed by atoms with Gasteiger partial charge in [-0.05, 0) is 30.3 Å². The molecule has 150 valence electrons. The molecule has 0 aliphatic carbocycles. The van der Waals surface area contributed by atoms with Gasteiger partial charge in [-0.2, -0.15) is 16.8 Å². The lowest BCUT2D eigenvalue weighted by molar-refractivity contribution is 0.454. The highest BCUT2D eigenvalue weighted by Gasteiger charge is 2.20. The molecule has 3 N–H and O–H groups in total. The molecule has 1 aliphatic heterocycles. The predicted octanol–water partition coefficient (Wildman–Crippen LogP) is 2.36. The van der Waals surface area contributed by atoms with Crippen molar-refractivity contribution >= 4 is 37.0 Å². The van der Waals surface area contributed by atoms with Crippen molar-refractivity contribution in [1.29, 1.82) is 0 Å². The van der Waals surface area contributed by atoms with E-state index in [0.29, 0.717) is 11.2 Å². The van der Waals surface area contributed by atoms with Crippen molar-refractivity contribution in [2.75, 3.05) is 5.32 Å². The molecule has 4 rings (SSSR count). The van der Waals surface area contributed by atoms with E-state index in [9.17, 15) is 16.8 Å². The number of rotatable bonds is 4. The lowest BCUT2D eigenvalue weighted by atomic mass is 10.3. The first kappa shape index (κ1) is 19.2. The van der Waals surface area contributed by atoms with Gasteiger partial charge in [-0.15, -0.1) is 0 Å². The normalized spacial score (nSPS) is 13.5. The number of ether oxygens (including phenoxy) is 1. The lowest BCUT2D eigenvalue weighted by Crippen LogP contribution is -1.97. The summed E-state index contributed by atoms with van der Waals surface area (Å²) in [6, 6.07) is 7.67. The number of fused-ring (bicyclic) bond motifs is 2. The molecule has 1 aliphatic rings. The average molecular weight is 436 g/mol. The van der Waals surface area contributed by atoms with E-state index in [1.165, 1.54) is 36.4 Å². The monoisotopic (exact) mass is 436 g/mol. The summed E-state index contributed by atoms with van der Waals surface area (Å²) in [5.41, 5.74) is 3.96. The van der Waals surface area contributed by atoms with E-state index < -0.39 is 20.2 Å². The van der Waals surface area contributed by atoms with Crippen LogP contribution in [-0.2, 0) is 26.7 Å². The molecule has 0 atom stereocenters. The van der Waals surface area contributed by atoms with Gasteiger partial charge in [0.1, 0.15) is 5.52 Å². The van der Waals surface area contributed by atoms with Crippen LogP contribution in [0.15, 0.2) is 68.3 Å². The Bertz CT molecular complexity index is 1410. The zero-order chi connectivity index (χ0) is 20.8. The van der Waals surface area contributed by atoms with Crippen LogP contribution < -0.4 is 10.1 Å². The largest absolute Gasteiger partial charge is 0.440 e. The van der Waals surface area contributed by atoms with Crippen molar-refractivity contribution < 1.29 is 35.1 Å². The molecule has 0 saturated carbocycles. The second-order valence-electron chi connectivity index (χ2n) is 5.95. The molecule has 10 nitrogen and oxygen atoms in total. The molecule has 29 heavy (non-hydrogen) atoms. The van der Waals surface area contributed by atoms with E-state index >= 15 is 0 Å². The summed E-state index contributed by atoms with van der Waals surface area (Å²) in [5, 5.41) is 2.88. The molecule has 2 aromatic carbocycles. The Hall–Kier alpha value is -3.15. The van der Waals surface area contributed by atoms with Crippen LogP contribution in [0.3, 0.4) is 0 Å². The molecule has 0 fully saturated rings. The van der Waals surface area contributed by atoms with Gasteiger partial charge in [0.25, 0.3) is 20.2 Å². The summed E-state index contributed by atoms with van der Waals surface area (Å²) >= 11 is 0. The van der Waals surface area contributed by atoms with Gasteiger partial charge in [0.2, 0.25) is 5.88 Å². The van der Waals surface area contributed by atoms with Crippen molar-refractivity contribution in [3.05, 3.63) is 60.0 Å². The van der Waals surface area contributed by atoms with Crippen LogP contribution in [0, 0.1) is 0 Å². The van der Waals surface area contributed by atoms with Gasteiger partial charge in [-0.25, -0.2) is 4.98 Å². The second kappa shape index (κ2) is 6.72. The van der Waals surface area contributed by atoms with E-state index in [0.717, 1.165) is 0 Å². The van der Waals surface area contributed by atoms with Gasteiger partial charge in [0.15, 0.2) is 17.2 Å². The number of oxazole rings is 1. The van der Waals surface area contributed by atoms with Gasteiger partial charge in [-0.3, -0.25) is 9.11 Å². The Morgan fingerprint density at radius 2 is 1.72 bits per heavy atom. The fourth-order valence-electron chi connectivity index (χ4n) is 2.61.